The molecule has 73 heavy (non-hydrogen) atoms. The zero-order valence-electron chi connectivity index (χ0n) is 43.0. The number of nitrogens with two attached hydrogens (primary N) is 2. The molecule has 0 saturated carbocycles. The van der Waals surface area contributed by atoms with Gasteiger partial charge in [-0.2, -0.15) is 11.8 Å². The van der Waals surface area contributed by atoms with E-state index in [2.05, 4.69) is 26.3 Å². The molecule has 3 fully saturated rings. The van der Waals surface area contributed by atoms with E-state index in [-0.39, 0.29) is 68.9 Å². The van der Waals surface area contributed by atoms with Gasteiger partial charge in [0.25, 0.3) is 0 Å². The first-order valence-electron chi connectivity index (χ1n) is 25.8. The van der Waals surface area contributed by atoms with Crippen LogP contribution in [0.25, 0.3) is 0 Å². The van der Waals surface area contributed by atoms with Gasteiger partial charge in [-0.15, -0.1) is 0 Å². The highest BCUT2D eigenvalue weighted by molar-refractivity contribution is 8.00. The number of unbranched alkanes of at least 4 members (excludes halogenated alkanes) is 1. The number of carbonyl (C=O) groups excluding carboxylic acids is 6. The number of fused-ring (bicyclic) bond motifs is 1. The summed E-state index contributed by atoms with van der Waals surface area (Å²) in [6.45, 7) is 9.92. The molecule has 0 aromatic rings. The van der Waals surface area contributed by atoms with Crippen molar-refractivity contribution in [1.29, 1.82) is 0 Å². The smallest absolute Gasteiger partial charge is 0.315 e. The summed E-state index contributed by atoms with van der Waals surface area (Å²) in [7, 11) is 0. The van der Waals surface area contributed by atoms with Gasteiger partial charge in [0.2, 0.25) is 17.7 Å². The number of rotatable bonds is 45. The maximum absolute atomic E-state index is 13.2. The normalized spacial score (nSPS) is 19.4. The number of aliphatic imine (C=N–C) groups is 1. The highest BCUT2D eigenvalue weighted by atomic mass is 32.2. The summed E-state index contributed by atoms with van der Waals surface area (Å²) in [6, 6.07) is -2.31. The topological polar surface area (TPSA) is 329 Å². The molecule has 24 nitrogen and oxygen atoms in total. The zero-order valence-corrected chi connectivity index (χ0v) is 43.8. The van der Waals surface area contributed by atoms with E-state index in [4.69, 9.17) is 49.4 Å². The van der Waals surface area contributed by atoms with Crippen molar-refractivity contribution in [2.24, 2.45) is 22.4 Å². The Labute approximate surface area is 433 Å². The summed E-state index contributed by atoms with van der Waals surface area (Å²) in [5, 5.41) is 21.2. The van der Waals surface area contributed by atoms with Crippen LogP contribution in [0.5, 0.6) is 0 Å². The minimum Gasteiger partial charge on any atom is -0.481 e. The Balaban J connectivity index is 1.02. The molecule has 0 aliphatic carbocycles. The van der Waals surface area contributed by atoms with Crippen LogP contribution in [0.4, 0.5) is 4.79 Å². The van der Waals surface area contributed by atoms with E-state index in [0.717, 1.165) is 25.0 Å². The lowest BCUT2D eigenvalue weighted by atomic mass is 9.94. The van der Waals surface area contributed by atoms with Crippen molar-refractivity contribution in [3.8, 4) is 0 Å². The van der Waals surface area contributed by atoms with Gasteiger partial charge in [0, 0.05) is 56.4 Å². The second kappa shape index (κ2) is 38.4. The Kier molecular flexibility index (Phi) is 33.1. The number of nitrogens with one attached hydrogen (secondary N) is 4. The fourth-order valence-corrected chi connectivity index (χ4v) is 9.75. The van der Waals surface area contributed by atoms with Crippen molar-refractivity contribution in [3.05, 3.63) is 0 Å². The van der Waals surface area contributed by atoms with Crippen LogP contribution in [0.1, 0.15) is 90.9 Å². The summed E-state index contributed by atoms with van der Waals surface area (Å²) in [5.41, 5.74) is 10.6. The third kappa shape index (κ3) is 27.8. The number of amides is 5. The fourth-order valence-electron chi connectivity index (χ4n) is 8.21. The van der Waals surface area contributed by atoms with E-state index < -0.39 is 53.5 Å². The highest BCUT2D eigenvalue weighted by Crippen LogP contribution is 2.33. The van der Waals surface area contributed by atoms with Crippen molar-refractivity contribution in [1.82, 2.24) is 26.2 Å². The number of carboxylic acid groups (broad SMARTS) is 1. The number of ether oxygens (including phenoxy) is 8. The molecule has 5 amide bonds. The maximum atomic E-state index is 13.2. The van der Waals surface area contributed by atoms with Gasteiger partial charge in [0.1, 0.15) is 17.9 Å². The van der Waals surface area contributed by atoms with E-state index >= 15 is 0 Å². The van der Waals surface area contributed by atoms with Gasteiger partial charge in [-0.1, -0.05) is 6.42 Å². The summed E-state index contributed by atoms with van der Waals surface area (Å²) >= 11 is 1.90. The second-order valence-electron chi connectivity index (χ2n) is 18.0. The molecule has 0 radical (unpaired) electrons. The largest absolute Gasteiger partial charge is 0.481 e. The van der Waals surface area contributed by atoms with Crippen LogP contribution in [-0.4, -0.2) is 217 Å². The van der Waals surface area contributed by atoms with Crippen molar-refractivity contribution in [2.75, 3.05) is 125 Å². The molecule has 7 atom stereocenters. The van der Waals surface area contributed by atoms with E-state index in [1.54, 1.807) is 0 Å². The zero-order chi connectivity index (χ0) is 53.1. The predicted octanol–water partition coefficient (Wildman–Crippen LogP) is 0.298. The number of nitrogens with zero attached hydrogens (tertiary/aromatic N) is 2. The average molecular weight is 1060 g/mol. The van der Waals surface area contributed by atoms with E-state index in [1.807, 2.05) is 11.8 Å². The number of ketones is 2. The maximum Gasteiger partial charge on any atom is 0.315 e. The van der Waals surface area contributed by atoms with E-state index in [0.29, 0.717) is 143 Å². The lowest BCUT2D eigenvalue weighted by Gasteiger charge is -2.28. The third-order valence-corrected chi connectivity index (χ3v) is 13.7. The van der Waals surface area contributed by atoms with Crippen molar-refractivity contribution < 1.29 is 76.6 Å². The Bertz CT molecular complexity index is 1680. The van der Waals surface area contributed by atoms with Gasteiger partial charge in [-0.3, -0.25) is 33.8 Å². The lowest BCUT2D eigenvalue weighted by molar-refractivity contribution is -0.144. The van der Waals surface area contributed by atoms with Crippen LogP contribution in [0.2, 0.25) is 0 Å². The van der Waals surface area contributed by atoms with E-state index in [9.17, 15) is 38.7 Å². The second-order valence-corrected chi connectivity index (χ2v) is 19.3. The number of hydrogen-bond donors (Lipinski definition) is 7. The van der Waals surface area contributed by atoms with Crippen LogP contribution < -0.4 is 32.7 Å². The van der Waals surface area contributed by atoms with Gasteiger partial charge < -0.3 is 80.6 Å². The number of likely N-dealkylation sites (tertiary alicyclic amines) is 1. The molecule has 0 spiro atoms. The van der Waals surface area contributed by atoms with Crippen LogP contribution in [0, 0.1) is 5.92 Å². The molecule has 3 saturated heterocycles. The molecule has 0 aromatic carbocycles. The van der Waals surface area contributed by atoms with Crippen LogP contribution >= 0.6 is 11.8 Å². The Morgan fingerprint density at radius 2 is 1.26 bits per heavy atom. The molecular formula is C48H84N8O16S. The predicted molar refractivity (Wildman–Crippen MR) is 270 cm³/mol. The van der Waals surface area contributed by atoms with Crippen molar-refractivity contribution >= 4 is 59.0 Å². The molecule has 25 heteroatoms. The van der Waals surface area contributed by atoms with Crippen LogP contribution in [0.15, 0.2) is 4.99 Å². The molecule has 0 aromatic heterocycles. The number of urea groups is 1. The lowest BCUT2D eigenvalue weighted by Crippen LogP contribution is -2.54. The van der Waals surface area contributed by atoms with Crippen molar-refractivity contribution in [3.63, 3.8) is 0 Å². The summed E-state index contributed by atoms with van der Waals surface area (Å²) < 4.78 is 44.1. The molecule has 3 aliphatic heterocycles. The summed E-state index contributed by atoms with van der Waals surface area (Å²) in [6.07, 6.45) is 5.96. The quantitative estimate of drug-likeness (QED) is 0.0187. The van der Waals surface area contributed by atoms with Gasteiger partial charge in [-0.05, 0) is 58.8 Å². The summed E-state index contributed by atoms with van der Waals surface area (Å²) in [4.78, 5) is 92.3. The van der Waals surface area contributed by atoms with Crippen LogP contribution in [0.3, 0.4) is 0 Å². The number of aliphatic carboxylic acids is 1. The SMILES string of the molecule is C[C@H](NC(=O)[C@@H]1CCCN1C(=O)[C@H](C)NC(=O)CCOCCOCCOCCOCCOCCOCCOCCOCCCC(=O)CCCC[C@@H]1SC[C@@H]2NC(=O)N[C@@H]21)C(=O)C[C@@H](CCCN=C(N)N)C(=O)O. The first-order chi connectivity index (χ1) is 35.3. The Morgan fingerprint density at radius 3 is 1.82 bits per heavy atom. The molecule has 3 aliphatic rings. The Hall–Kier alpha value is -4.21. The molecular weight excluding hydrogens is 977 g/mol. The minimum atomic E-state index is -1.13. The average Bonchev–Trinajstić information content (AvgIpc) is 4.10. The molecule has 418 valence electrons. The van der Waals surface area contributed by atoms with E-state index in [1.165, 1.54) is 18.7 Å². The summed E-state index contributed by atoms with van der Waals surface area (Å²) in [5.74, 6) is -2.77. The first kappa shape index (κ1) is 63.1. The monoisotopic (exact) mass is 1060 g/mol. The number of guanidine groups is 1. The van der Waals surface area contributed by atoms with Gasteiger partial charge >= 0.3 is 12.0 Å². The van der Waals surface area contributed by atoms with Gasteiger partial charge in [0.15, 0.2) is 11.7 Å². The fraction of sp³-hybridized carbons (Fsp3) is 0.833. The highest BCUT2D eigenvalue weighted by Gasteiger charge is 2.42. The van der Waals surface area contributed by atoms with Gasteiger partial charge in [0.05, 0.1) is 123 Å². The number of carbonyl (C=O) groups is 7. The minimum absolute atomic E-state index is 0.0161. The number of hydrogen-bond acceptors (Lipinski definition) is 17. The molecule has 9 N–H and O–H groups in total. The molecule has 3 heterocycles. The molecule has 0 unspecified atom stereocenters. The first-order valence-corrected chi connectivity index (χ1v) is 26.8. The van der Waals surface area contributed by atoms with Crippen molar-refractivity contribution in [2.45, 2.75) is 126 Å². The number of Topliss-reactive ketones (excluding diaryl/α,β-unsaturated/α-hetero) is 2. The van der Waals surface area contributed by atoms with Crippen LogP contribution in [-0.2, 0) is 66.7 Å². The molecule has 3 rings (SSSR count). The number of thioether (sulfide) groups is 1. The third-order valence-electron chi connectivity index (χ3n) is 12.2. The Morgan fingerprint density at radius 1 is 0.712 bits per heavy atom. The standard InChI is InChI=1S/C48H84N8O16S/c1-34(40(58)32-36(46(62)63)8-5-14-51-47(49)50)53-44(60)39-11-6-15-56(39)45(61)35(2)52-42(59)13-17-66-19-21-68-23-25-70-27-29-72-31-30-71-28-26-69-24-22-67-20-18-65-16-7-10-37(57)9-3-4-12-41-43-38(33-73-41)54-48(64)55-43/h34-36,38-39,41,43H,3-33H2,1-2H3,(H,52,59)(H,53,60)(H,62,63)(H4,49,50,51)(H2,54,55,64)/t34-,35-,36+,38-,39-,41-,43-/m0/s1. The molecule has 0 bridgehead atoms. The number of carboxylic acids is 1. The van der Waals surface area contributed by atoms with Gasteiger partial charge in [-0.25, -0.2) is 4.79 Å².